The zero-order chi connectivity index (χ0) is 25.3. The molecule has 0 unspecified atom stereocenters. The Kier molecular flexibility index (Phi) is 7.28. The average molecular weight is 488 g/mol. The van der Waals surface area contributed by atoms with Crippen molar-refractivity contribution in [3.8, 4) is 0 Å². The average Bonchev–Trinajstić information content (AvgIpc) is 3.08. The van der Waals surface area contributed by atoms with Crippen LogP contribution >= 0.6 is 0 Å². The molecule has 184 valence electrons. The second-order valence-electron chi connectivity index (χ2n) is 7.02. The molecule has 0 aliphatic carbocycles. The van der Waals surface area contributed by atoms with Crippen molar-refractivity contribution < 1.29 is 45.4 Å². The van der Waals surface area contributed by atoms with E-state index in [9.17, 15) is 45.5 Å². The van der Waals surface area contributed by atoms with Crippen molar-refractivity contribution in [2.24, 2.45) is 14.1 Å². The van der Waals surface area contributed by atoms with Gasteiger partial charge in [0.25, 0.3) is 5.56 Å². The number of esters is 2. The van der Waals surface area contributed by atoms with Gasteiger partial charge in [0.2, 0.25) is 0 Å². The fraction of sp³-hybridized carbons (Fsp3) is 0.588. The summed E-state index contributed by atoms with van der Waals surface area (Å²) in [6.07, 6.45) is -14.3. The molecule has 0 aromatic carbocycles. The van der Waals surface area contributed by atoms with Gasteiger partial charge in [-0.2, -0.15) is 26.3 Å². The molecule has 2 aromatic rings. The van der Waals surface area contributed by atoms with Gasteiger partial charge >= 0.3 is 30.0 Å². The Hall–Kier alpha value is -3.33. The van der Waals surface area contributed by atoms with Crippen molar-refractivity contribution in [2.75, 3.05) is 0 Å². The zero-order valence-electron chi connectivity index (χ0n) is 17.4. The summed E-state index contributed by atoms with van der Waals surface area (Å²) in [5, 5.41) is 0. The van der Waals surface area contributed by atoms with Crippen LogP contribution in [0.2, 0.25) is 0 Å². The first-order chi connectivity index (χ1) is 15.1. The van der Waals surface area contributed by atoms with Crippen molar-refractivity contribution in [3.05, 3.63) is 27.2 Å². The number of aromatic nitrogens is 4. The van der Waals surface area contributed by atoms with Gasteiger partial charge in [-0.25, -0.2) is 19.4 Å². The number of rotatable bonds is 7. The summed E-state index contributed by atoms with van der Waals surface area (Å²) in [5.74, 6) is -5.39. The molecule has 2 atom stereocenters. The van der Waals surface area contributed by atoms with Crippen LogP contribution < -0.4 is 11.2 Å². The lowest BCUT2D eigenvalue weighted by Gasteiger charge is -2.25. The number of alkyl halides is 6. The first-order valence-corrected chi connectivity index (χ1v) is 9.22. The molecule has 0 aliphatic rings. The SMILES string of the molecule is C[C@@H](OC(=O)C(F)(F)F)[C@@H](CCCn1c(=O)c2c(ncn2C)n(C)c1=O)OC(=O)C(F)(F)F. The molecular weight excluding hydrogens is 470 g/mol. The van der Waals surface area contributed by atoms with Gasteiger partial charge in [0.1, 0.15) is 12.2 Å². The van der Waals surface area contributed by atoms with Crippen LogP contribution in [-0.2, 0) is 39.7 Å². The maximum Gasteiger partial charge on any atom is 0.490 e. The number of ether oxygens (including phenoxy) is 2. The monoisotopic (exact) mass is 488 g/mol. The van der Waals surface area contributed by atoms with Crippen molar-refractivity contribution in [1.29, 1.82) is 0 Å². The highest BCUT2D eigenvalue weighted by Crippen LogP contribution is 2.23. The quantitative estimate of drug-likeness (QED) is 0.425. The number of hydrogen-bond acceptors (Lipinski definition) is 7. The number of aryl methyl sites for hydroxylation is 2. The molecule has 0 radical (unpaired) electrons. The molecule has 0 saturated carbocycles. The number of carbonyl (C=O) groups excluding carboxylic acids is 2. The van der Waals surface area contributed by atoms with Crippen LogP contribution in [0.4, 0.5) is 26.3 Å². The van der Waals surface area contributed by atoms with E-state index in [1.54, 1.807) is 0 Å². The van der Waals surface area contributed by atoms with E-state index in [-0.39, 0.29) is 24.1 Å². The Morgan fingerprint density at radius 1 is 1.03 bits per heavy atom. The van der Waals surface area contributed by atoms with Gasteiger partial charge in [0.15, 0.2) is 11.2 Å². The molecule has 0 bridgehead atoms. The normalized spacial score (nSPS) is 14.2. The van der Waals surface area contributed by atoms with E-state index in [1.807, 2.05) is 0 Å². The van der Waals surface area contributed by atoms with E-state index in [1.165, 1.54) is 25.0 Å². The predicted octanol–water partition coefficient (Wildman–Crippen LogP) is 1.18. The van der Waals surface area contributed by atoms with E-state index < -0.39 is 54.2 Å². The Balaban J connectivity index is 2.24. The van der Waals surface area contributed by atoms with Gasteiger partial charge in [-0.3, -0.25) is 13.9 Å². The lowest BCUT2D eigenvalue weighted by atomic mass is 10.1. The fourth-order valence-corrected chi connectivity index (χ4v) is 2.95. The van der Waals surface area contributed by atoms with Crippen LogP contribution in [0.15, 0.2) is 15.9 Å². The molecule has 0 amide bonds. The highest BCUT2D eigenvalue weighted by molar-refractivity contribution is 5.76. The lowest BCUT2D eigenvalue weighted by Crippen LogP contribution is -2.41. The van der Waals surface area contributed by atoms with Gasteiger partial charge in [-0.05, 0) is 19.8 Å². The maximum atomic E-state index is 12.6. The Morgan fingerprint density at radius 2 is 1.58 bits per heavy atom. The van der Waals surface area contributed by atoms with E-state index >= 15 is 0 Å². The maximum absolute atomic E-state index is 12.6. The van der Waals surface area contributed by atoms with Crippen LogP contribution in [0.25, 0.3) is 11.2 Å². The minimum Gasteiger partial charge on any atom is -0.452 e. The van der Waals surface area contributed by atoms with E-state index in [4.69, 9.17) is 0 Å². The molecular formula is C17H18F6N4O6. The molecule has 0 N–H and O–H groups in total. The third kappa shape index (κ3) is 5.73. The molecule has 2 aromatic heterocycles. The van der Waals surface area contributed by atoms with E-state index in [2.05, 4.69) is 14.5 Å². The predicted molar refractivity (Wildman–Crippen MR) is 97.0 cm³/mol. The van der Waals surface area contributed by atoms with Gasteiger partial charge in [0.05, 0.1) is 6.33 Å². The minimum absolute atomic E-state index is 0.0598. The van der Waals surface area contributed by atoms with Crippen molar-refractivity contribution in [1.82, 2.24) is 18.7 Å². The summed E-state index contributed by atoms with van der Waals surface area (Å²) < 4.78 is 86.3. The molecule has 0 fully saturated rings. The molecule has 0 spiro atoms. The van der Waals surface area contributed by atoms with Crippen LogP contribution in [0, 0.1) is 0 Å². The van der Waals surface area contributed by atoms with Crippen molar-refractivity contribution in [2.45, 2.75) is 50.9 Å². The number of hydrogen-bond donors (Lipinski definition) is 0. The summed E-state index contributed by atoms with van der Waals surface area (Å²) in [4.78, 5) is 51.2. The second-order valence-corrected chi connectivity index (χ2v) is 7.02. The Bertz CT molecular complexity index is 1160. The summed E-state index contributed by atoms with van der Waals surface area (Å²) in [6, 6.07) is 0. The largest absolute Gasteiger partial charge is 0.490 e. The second kappa shape index (κ2) is 9.27. The number of carbonyl (C=O) groups is 2. The first kappa shape index (κ1) is 25.9. The van der Waals surface area contributed by atoms with Crippen LogP contribution in [0.3, 0.4) is 0 Å². The minimum atomic E-state index is -5.45. The highest BCUT2D eigenvalue weighted by atomic mass is 19.4. The number of halogens is 6. The van der Waals surface area contributed by atoms with Gasteiger partial charge < -0.3 is 14.0 Å². The van der Waals surface area contributed by atoms with Crippen molar-refractivity contribution >= 4 is 23.1 Å². The molecule has 2 heterocycles. The third-order valence-electron chi connectivity index (χ3n) is 4.61. The summed E-state index contributed by atoms with van der Waals surface area (Å²) in [5.41, 5.74) is -1.40. The standard InChI is InChI=1S/C17H18F6N4O6/c1-8(32-13(29)16(18,19)20)9(33-14(30)17(21,22)23)5-4-6-27-12(28)10-11(24-7-25(10)2)26(3)15(27)31/h7-9H,4-6H2,1-3H3/t8-,9-/m1/s1. The molecule has 0 saturated heterocycles. The number of imidazole rings is 1. The summed E-state index contributed by atoms with van der Waals surface area (Å²) in [7, 11) is 2.83. The molecule has 33 heavy (non-hydrogen) atoms. The van der Waals surface area contributed by atoms with Crippen molar-refractivity contribution in [3.63, 3.8) is 0 Å². The topological polar surface area (TPSA) is 114 Å². The number of fused-ring (bicyclic) bond motifs is 1. The first-order valence-electron chi connectivity index (χ1n) is 9.22. The van der Waals surface area contributed by atoms with Gasteiger partial charge in [-0.15, -0.1) is 0 Å². The fourth-order valence-electron chi connectivity index (χ4n) is 2.95. The zero-order valence-corrected chi connectivity index (χ0v) is 17.4. The highest BCUT2D eigenvalue weighted by Gasteiger charge is 2.45. The molecule has 2 rings (SSSR count). The summed E-state index contributed by atoms with van der Waals surface area (Å²) >= 11 is 0. The van der Waals surface area contributed by atoms with Crippen LogP contribution in [0.5, 0.6) is 0 Å². The molecule has 0 aliphatic heterocycles. The smallest absolute Gasteiger partial charge is 0.452 e. The third-order valence-corrected chi connectivity index (χ3v) is 4.61. The van der Waals surface area contributed by atoms with Gasteiger partial charge in [0, 0.05) is 20.6 Å². The molecule has 10 nitrogen and oxygen atoms in total. The summed E-state index contributed by atoms with van der Waals surface area (Å²) in [6.45, 7) is 0.428. The van der Waals surface area contributed by atoms with Gasteiger partial charge in [-0.1, -0.05) is 0 Å². The Morgan fingerprint density at radius 3 is 2.12 bits per heavy atom. The lowest BCUT2D eigenvalue weighted by molar-refractivity contribution is -0.220. The Labute approximate surface area is 180 Å². The molecule has 16 heteroatoms. The van der Waals surface area contributed by atoms with Crippen LogP contribution in [-0.4, -0.2) is 55.2 Å². The van der Waals surface area contributed by atoms with E-state index in [0.29, 0.717) is 0 Å². The van der Waals surface area contributed by atoms with Crippen LogP contribution in [0.1, 0.15) is 19.8 Å². The van der Waals surface area contributed by atoms with E-state index in [0.717, 1.165) is 16.1 Å². The number of nitrogens with zero attached hydrogens (tertiary/aromatic N) is 4.